The summed E-state index contributed by atoms with van der Waals surface area (Å²) in [6, 6.07) is 1.68. The Bertz CT molecular complexity index is 440. The first-order valence-corrected chi connectivity index (χ1v) is 7.31. The predicted molar refractivity (Wildman–Crippen MR) is 81.3 cm³/mol. The molecule has 0 atom stereocenters. The number of halogens is 1. The molecule has 0 bridgehead atoms. The Morgan fingerprint density at radius 3 is 2.85 bits per heavy atom. The molecule has 1 aromatic heterocycles. The number of aliphatic hydroxyl groups excluding tert-OH is 1. The van der Waals surface area contributed by atoms with Crippen molar-refractivity contribution in [1.82, 2.24) is 9.88 Å². The van der Waals surface area contributed by atoms with E-state index in [1.807, 2.05) is 6.92 Å². The molecule has 0 radical (unpaired) electrons. The molecule has 0 saturated heterocycles. The Balaban J connectivity index is 2.89. The lowest BCUT2D eigenvalue weighted by Crippen LogP contribution is -2.32. The summed E-state index contributed by atoms with van der Waals surface area (Å²) < 4.78 is 0. The van der Waals surface area contributed by atoms with Crippen molar-refractivity contribution in [2.75, 3.05) is 31.6 Å². The average molecular weight is 300 g/mol. The summed E-state index contributed by atoms with van der Waals surface area (Å²) in [6.07, 6.45) is 3.03. The zero-order valence-corrected chi connectivity index (χ0v) is 12.8. The predicted octanol–water partition coefficient (Wildman–Crippen LogP) is 2.40. The fraction of sp³-hybridized carbons (Fsp3) is 0.571. The maximum atomic E-state index is 12.4. The maximum absolute atomic E-state index is 12.4. The highest BCUT2D eigenvalue weighted by molar-refractivity contribution is 6.33. The molecule has 0 aliphatic carbocycles. The van der Waals surface area contributed by atoms with Crippen LogP contribution in [0.5, 0.6) is 0 Å². The van der Waals surface area contributed by atoms with Crippen LogP contribution in [0, 0.1) is 0 Å². The summed E-state index contributed by atoms with van der Waals surface area (Å²) in [4.78, 5) is 18.3. The summed E-state index contributed by atoms with van der Waals surface area (Å²) in [5.74, 6) is 0.519. The first-order chi connectivity index (χ1) is 9.63. The minimum atomic E-state index is -0.132. The smallest absolute Gasteiger partial charge is 0.255 e. The molecule has 0 fully saturated rings. The van der Waals surface area contributed by atoms with Crippen molar-refractivity contribution in [3.8, 4) is 0 Å². The van der Waals surface area contributed by atoms with Crippen molar-refractivity contribution in [1.29, 1.82) is 0 Å². The zero-order valence-electron chi connectivity index (χ0n) is 12.0. The highest BCUT2D eigenvalue weighted by Gasteiger charge is 2.17. The number of aromatic nitrogens is 1. The third-order valence-electron chi connectivity index (χ3n) is 2.90. The van der Waals surface area contributed by atoms with Crippen molar-refractivity contribution in [2.45, 2.75) is 26.7 Å². The van der Waals surface area contributed by atoms with Crippen LogP contribution < -0.4 is 5.32 Å². The molecule has 0 unspecified atom stereocenters. The van der Waals surface area contributed by atoms with E-state index in [2.05, 4.69) is 17.2 Å². The first-order valence-electron chi connectivity index (χ1n) is 6.93. The molecule has 5 nitrogen and oxygen atoms in total. The SMILES string of the molecule is CCCNc1cc(C(=O)N(CC)CCCO)c(Cl)cn1. The topological polar surface area (TPSA) is 65.5 Å². The fourth-order valence-corrected chi connectivity index (χ4v) is 1.97. The Labute approximate surface area is 125 Å². The van der Waals surface area contributed by atoms with Gasteiger partial charge in [0.1, 0.15) is 5.82 Å². The number of hydrogen-bond donors (Lipinski definition) is 2. The maximum Gasteiger partial charge on any atom is 0.255 e. The Morgan fingerprint density at radius 2 is 2.25 bits per heavy atom. The summed E-state index contributed by atoms with van der Waals surface area (Å²) in [5, 5.41) is 12.4. The van der Waals surface area contributed by atoms with E-state index in [-0.39, 0.29) is 12.5 Å². The van der Waals surface area contributed by atoms with Crippen molar-refractivity contribution in [3.05, 3.63) is 22.8 Å². The van der Waals surface area contributed by atoms with E-state index in [0.29, 0.717) is 35.9 Å². The molecule has 1 aromatic rings. The van der Waals surface area contributed by atoms with Gasteiger partial charge < -0.3 is 15.3 Å². The Hall–Kier alpha value is -1.33. The molecule has 1 heterocycles. The molecule has 112 valence electrons. The second-order valence-corrected chi connectivity index (χ2v) is 4.85. The number of carbonyl (C=O) groups excluding carboxylic acids is 1. The van der Waals surface area contributed by atoms with Gasteiger partial charge in [-0.25, -0.2) is 4.98 Å². The van der Waals surface area contributed by atoms with Crippen molar-refractivity contribution < 1.29 is 9.90 Å². The molecule has 0 aliphatic heterocycles. The molecule has 6 heteroatoms. The first kappa shape index (κ1) is 16.7. The van der Waals surface area contributed by atoms with Gasteiger partial charge in [-0.3, -0.25) is 4.79 Å². The molecule has 20 heavy (non-hydrogen) atoms. The van der Waals surface area contributed by atoms with E-state index < -0.39 is 0 Å². The third kappa shape index (κ3) is 4.65. The number of pyridine rings is 1. The highest BCUT2D eigenvalue weighted by atomic mass is 35.5. The summed E-state index contributed by atoms with van der Waals surface area (Å²) >= 11 is 6.07. The molecular weight excluding hydrogens is 278 g/mol. The quantitative estimate of drug-likeness (QED) is 0.773. The zero-order chi connectivity index (χ0) is 15.0. The molecule has 1 amide bonds. The van der Waals surface area contributed by atoms with Crippen LogP contribution in [0.2, 0.25) is 5.02 Å². The van der Waals surface area contributed by atoms with Gasteiger partial charge in [0, 0.05) is 32.4 Å². The van der Waals surface area contributed by atoms with Gasteiger partial charge in [0.15, 0.2) is 0 Å². The molecule has 1 rings (SSSR count). The van der Waals surface area contributed by atoms with Crippen LogP contribution in [0.3, 0.4) is 0 Å². The standard InChI is InChI=1S/C14H22ClN3O2/c1-3-6-16-13-9-11(12(15)10-17-13)14(20)18(4-2)7-5-8-19/h9-10,19H,3-8H2,1-2H3,(H,16,17). The lowest BCUT2D eigenvalue weighted by molar-refractivity contribution is 0.0754. The molecule has 0 saturated carbocycles. The van der Waals surface area contributed by atoms with E-state index in [0.717, 1.165) is 13.0 Å². The van der Waals surface area contributed by atoms with Crippen LogP contribution in [0.15, 0.2) is 12.3 Å². The van der Waals surface area contributed by atoms with Gasteiger partial charge in [-0.1, -0.05) is 18.5 Å². The lowest BCUT2D eigenvalue weighted by atomic mass is 10.2. The second-order valence-electron chi connectivity index (χ2n) is 4.44. The molecule has 0 aliphatic rings. The number of anilines is 1. The van der Waals surface area contributed by atoms with E-state index in [1.165, 1.54) is 6.20 Å². The number of nitrogens with zero attached hydrogens (tertiary/aromatic N) is 2. The molecule has 0 spiro atoms. The molecule has 0 aromatic carbocycles. The van der Waals surface area contributed by atoms with Crippen molar-refractivity contribution >= 4 is 23.3 Å². The Kier molecular flexibility index (Phi) is 7.33. The molecular formula is C14H22ClN3O2. The van der Waals surface area contributed by atoms with Crippen LogP contribution in [-0.2, 0) is 0 Å². The summed E-state index contributed by atoms with van der Waals surface area (Å²) in [7, 11) is 0. The average Bonchev–Trinajstić information content (AvgIpc) is 2.47. The second kappa shape index (κ2) is 8.76. The normalized spacial score (nSPS) is 10.4. The Morgan fingerprint density at radius 1 is 1.50 bits per heavy atom. The van der Waals surface area contributed by atoms with Crippen LogP contribution in [0.1, 0.15) is 37.0 Å². The number of rotatable bonds is 8. The number of aliphatic hydroxyl groups is 1. The van der Waals surface area contributed by atoms with E-state index in [1.54, 1.807) is 11.0 Å². The summed E-state index contributed by atoms with van der Waals surface area (Å²) in [6.45, 7) is 5.92. The van der Waals surface area contributed by atoms with Crippen LogP contribution >= 0.6 is 11.6 Å². The lowest BCUT2D eigenvalue weighted by Gasteiger charge is -2.21. The van der Waals surface area contributed by atoms with Gasteiger partial charge >= 0.3 is 0 Å². The van der Waals surface area contributed by atoms with Crippen LogP contribution in [0.4, 0.5) is 5.82 Å². The van der Waals surface area contributed by atoms with E-state index >= 15 is 0 Å². The van der Waals surface area contributed by atoms with Crippen LogP contribution in [0.25, 0.3) is 0 Å². The third-order valence-corrected chi connectivity index (χ3v) is 3.20. The highest BCUT2D eigenvalue weighted by Crippen LogP contribution is 2.20. The minimum Gasteiger partial charge on any atom is -0.396 e. The van der Waals surface area contributed by atoms with Gasteiger partial charge in [0.05, 0.1) is 10.6 Å². The van der Waals surface area contributed by atoms with Gasteiger partial charge in [-0.05, 0) is 25.8 Å². The monoisotopic (exact) mass is 299 g/mol. The summed E-state index contributed by atoms with van der Waals surface area (Å²) in [5.41, 5.74) is 0.444. The minimum absolute atomic E-state index is 0.0666. The van der Waals surface area contributed by atoms with Gasteiger partial charge in [0.25, 0.3) is 5.91 Å². The van der Waals surface area contributed by atoms with Gasteiger partial charge in [-0.2, -0.15) is 0 Å². The number of amides is 1. The van der Waals surface area contributed by atoms with Crippen molar-refractivity contribution in [3.63, 3.8) is 0 Å². The largest absolute Gasteiger partial charge is 0.396 e. The molecule has 2 N–H and O–H groups in total. The number of carbonyl (C=O) groups is 1. The van der Waals surface area contributed by atoms with Crippen LogP contribution in [-0.4, -0.2) is 47.1 Å². The van der Waals surface area contributed by atoms with E-state index in [4.69, 9.17) is 16.7 Å². The number of nitrogens with one attached hydrogen (secondary N) is 1. The van der Waals surface area contributed by atoms with Crippen molar-refractivity contribution in [2.24, 2.45) is 0 Å². The number of hydrogen-bond acceptors (Lipinski definition) is 4. The fourth-order valence-electron chi connectivity index (χ4n) is 1.79. The van der Waals surface area contributed by atoms with Gasteiger partial charge in [-0.15, -0.1) is 0 Å². The van der Waals surface area contributed by atoms with E-state index in [9.17, 15) is 4.79 Å². The van der Waals surface area contributed by atoms with Gasteiger partial charge in [0.2, 0.25) is 0 Å².